The van der Waals surface area contributed by atoms with Crippen molar-refractivity contribution in [2.75, 3.05) is 12.0 Å². The van der Waals surface area contributed by atoms with Crippen molar-refractivity contribution < 1.29 is 9.53 Å². The number of hydrogen-bond donors (Lipinski definition) is 0. The molecule has 0 unspecified atom stereocenters. The molecule has 0 aliphatic rings. The van der Waals surface area contributed by atoms with Crippen LogP contribution in [0, 0.1) is 11.3 Å². The molecule has 0 aliphatic carbocycles. The van der Waals surface area contributed by atoms with Gasteiger partial charge in [0.2, 0.25) is 0 Å². The van der Waals surface area contributed by atoms with Crippen molar-refractivity contribution in [2.45, 2.75) is 0 Å². The molecule has 4 nitrogen and oxygen atoms in total. The van der Waals surface area contributed by atoms with Crippen LogP contribution in [0.25, 0.3) is 0 Å². The molecule has 3 rings (SSSR count). The normalized spacial score (nSPS) is 9.92. The lowest BCUT2D eigenvalue weighted by molar-refractivity contribution is 0.0999. The van der Waals surface area contributed by atoms with Gasteiger partial charge in [-0.05, 0) is 48.5 Å². The molecular weight excluding hydrogens is 312 g/mol. The second-order valence-corrected chi connectivity index (χ2v) is 5.33. The van der Waals surface area contributed by atoms with E-state index in [2.05, 4.69) is 6.07 Å². The molecule has 0 bridgehead atoms. The summed E-state index contributed by atoms with van der Waals surface area (Å²) in [7, 11) is 1.59. The molecule has 0 fully saturated rings. The zero-order valence-corrected chi connectivity index (χ0v) is 13.7. The summed E-state index contributed by atoms with van der Waals surface area (Å²) >= 11 is 0. The molecule has 0 saturated carbocycles. The summed E-state index contributed by atoms with van der Waals surface area (Å²) in [5.74, 6) is 0.498. The van der Waals surface area contributed by atoms with E-state index in [4.69, 9.17) is 4.74 Å². The second kappa shape index (κ2) is 7.33. The smallest absolute Gasteiger partial charge is 0.262 e. The number of benzene rings is 3. The van der Waals surface area contributed by atoms with Crippen LogP contribution in [-0.2, 0) is 0 Å². The molecule has 0 aliphatic heterocycles. The molecule has 4 heteroatoms. The lowest BCUT2D eigenvalue weighted by Crippen LogP contribution is -2.26. The fourth-order valence-corrected chi connectivity index (χ4v) is 2.57. The fraction of sp³-hybridized carbons (Fsp3) is 0.0476. The van der Waals surface area contributed by atoms with Crippen molar-refractivity contribution in [1.82, 2.24) is 0 Å². The summed E-state index contributed by atoms with van der Waals surface area (Å²) in [4.78, 5) is 14.7. The van der Waals surface area contributed by atoms with Gasteiger partial charge in [0.25, 0.3) is 5.91 Å². The van der Waals surface area contributed by atoms with Gasteiger partial charge in [-0.3, -0.25) is 9.69 Å². The van der Waals surface area contributed by atoms with Crippen molar-refractivity contribution in [2.24, 2.45) is 0 Å². The van der Waals surface area contributed by atoms with Crippen molar-refractivity contribution in [3.8, 4) is 11.8 Å². The minimum absolute atomic E-state index is 0.200. The van der Waals surface area contributed by atoms with Crippen LogP contribution in [0.3, 0.4) is 0 Å². The molecule has 122 valence electrons. The van der Waals surface area contributed by atoms with E-state index in [1.54, 1.807) is 66.6 Å². The standard InChI is InChI=1S/C21H16N2O2/c1-25-19-13-11-18(12-14-19)23(20-10-6-5-9-17(20)15-22)21(24)16-7-3-2-4-8-16/h2-14H,1H3. The molecule has 0 aromatic heterocycles. The van der Waals surface area contributed by atoms with Crippen LogP contribution < -0.4 is 9.64 Å². The van der Waals surface area contributed by atoms with Crippen LogP contribution in [0.4, 0.5) is 11.4 Å². The molecule has 0 spiro atoms. The van der Waals surface area contributed by atoms with Crippen molar-refractivity contribution in [3.63, 3.8) is 0 Å². The molecule has 0 radical (unpaired) electrons. The monoisotopic (exact) mass is 328 g/mol. The number of rotatable bonds is 4. The van der Waals surface area contributed by atoms with Crippen molar-refractivity contribution in [1.29, 1.82) is 5.26 Å². The van der Waals surface area contributed by atoms with E-state index >= 15 is 0 Å². The van der Waals surface area contributed by atoms with Gasteiger partial charge in [-0.2, -0.15) is 5.26 Å². The summed E-state index contributed by atoms with van der Waals surface area (Å²) in [6, 6.07) is 25.4. The van der Waals surface area contributed by atoms with Gasteiger partial charge in [-0.15, -0.1) is 0 Å². The van der Waals surface area contributed by atoms with Crippen LogP contribution >= 0.6 is 0 Å². The van der Waals surface area contributed by atoms with E-state index in [0.29, 0.717) is 28.3 Å². The number of nitriles is 1. The number of nitrogens with zero attached hydrogens (tertiary/aromatic N) is 2. The van der Waals surface area contributed by atoms with E-state index in [1.165, 1.54) is 0 Å². The Morgan fingerprint density at radius 3 is 2.20 bits per heavy atom. The van der Waals surface area contributed by atoms with E-state index in [-0.39, 0.29) is 5.91 Å². The number of hydrogen-bond acceptors (Lipinski definition) is 3. The molecule has 0 saturated heterocycles. The number of amides is 1. The maximum Gasteiger partial charge on any atom is 0.262 e. The average molecular weight is 328 g/mol. The lowest BCUT2D eigenvalue weighted by atomic mass is 10.1. The van der Waals surface area contributed by atoms with Crippen molar-refractivity contribution in [3.05, 3.63) is 90.0 Å². The van der Waals surface area contributed by atoms with E-state index in [1.807, 2.05) is 24.3 Å². The zero-order valence-electron chi connectivity index (χ0n) is 13.7. The Bertz CT molecular complexity index is 913. The van der Waals surface area contributed by atoms with Crippen LogP contribution in [0.1, 0.15) is 15.9 Å². The third kappa shape index (κ3) is 3.36. The van der Waals surface area contributed by atoms with E-state index in [0.717, 1.165) is 0 Å². The molecule has 25 heavy (non-hydrogen) atoms. The summed E-state index contributed by atoms with van der Waals surface area (Å²) in [5, 5.41) is 9.44. The summed E-state index contributed by atoms with van der Waals surface area (Å²) in [6.45, 7) is 0. The van der Waals surface area contributed by atoms with Crippen LogP contribution in [-0.4, -0.2) is 13.0 Å². The summed E-state index contributed by atoms with van der Waals surface area (Å²) < 4.78 is 5.19. The zero-order chi connectivity index (χ0) is 17.6. The van der Waals surface area contributed by atoms with Crippen LogP contribution in [0.5, 0.6) is 5.75 Å². The Morgan fingerprint density at radius 1 is 0.920 bits per heavy atom. The highest BCUT2D eigenvalue weighted by molar-refractivity contribution is 6.11. The first-order valence-corrected chi connectivity index (χ1v) is 7.77. The van der Waals surface area contributed by atoms with Gasteiger partial charge >= 0.3 is 0 Å². The maximum absolute atomic E-state index is 13.2. The topological polar surface area (TPSA) is 53.3 Å². The third-order valence-electron chi connectivity index (χ3n) is 3.82. The molecule has 0 N–H and O–H groups in total. The number of anilines is 2. The minimum atomic E-state index is -0.200. The highest BCUT2D eigenvalue weighted by Gasteiger charge is 2.22. The number of ether oxygens (including phenoxy) is 1. The molecule has 0 atom stereocenters. The Kier molecular flexibility index (Phi) is 4.77. The predicted molar refractivity (Wildman–Crippen MR) is 97.1 cm³/mol. The highest BCUT2D eigenvalue weighted by atomic mass is 16.5. The van der Waals surface area contributed by atoms with Crippen LogP contribution in [0.15, 0.2) is 78.9 Å². The molecular formula is C21H16N2O2. The summed E-state index contributed by atoms with van der Waals surface area (Å²) in [6.07, 6.45) is 0. The first-order valence-electron chi connectivity index (χ1n) is 7.77. The van der Waals surface area contributed by atoms with Gasteiger partial charge in [0.05, 0.1) is 18.4 Å². The highest BCUT2D eigenvalue weighted by Crippen LogP contribution is 2.31. The predicted octanol–water partition coefficient (Wildman–Crippen LogP) is 4.55. The number of methoxy groups -OCH3 is 1. The Labute approximate surface area is 146 Å². The van der Waals surface area contributed by atoms with E-state index < -0.39 is 0 Å². The van der Waals surface area contributed by atoms with Gasteiger partial charge in [0.1, 0.15) is 11.8 Å². The van der Waals surface area contributed by atoms with Crippen LogP contribution in [0.2, 0.25) is 0 Å². The Morgan fingerprint density at radius 2 is 1.56 bits per heavy atom. The first kappa shape index (κ1) is 16.3. The molecule has 3 aromatic carbocycles. The largest absolute Gasteiger partial charge is 0.497 e. The molecule has 3 aromatic rings. The van der Waals surface area contributed by atoms with Gasteiger partial charge in [0.15, 0.2) is 0 Å². The maximum atomic E-state index is 13.2. The van der Waals surface area contributed by atoms with E-state index in [9.17, 15) is 10.1 Å². The third-order valence-corrected chi connectivity index (χ3v) is 3.82. The fourth-order valence-electron chi connectivity index (χ4n) is 2.57. The van der Waals surface area contributed by atoms with Gasteiger partial charge in [-0.1, -0.05) is 30.3 Å². The van der Waals surface area contributed by atoms with Crippen molar-refractivity contribution >= 4 is 17.3 Å². The number of carbonyl (C=O) groups excluding carboxylic acids is 1. The minimum Gasteiger partial charge on any atom is -0.497 e. The number of para-hydroxylation sites is 1. The Balaban J connectivity index is 2.14. The second-order valence-electron chi connectivity index (χ2n) is 5.33. The quantitative estimate of drug-likeness (QED) is 0.706. The SMILES string of the molecule is COc1ccc(N(C(=O)c2ccccc2)c2ccccc2C#N)cc1. The van der Waals surface area contributed by atoms with Gasteiger partial charge in [-0.25, -0.2) is 0 Å². The number of carbonyl (C=O) groups is 1. The van der Waals surface area contributed by atoms with Gasteiger partial charge in [0, 0.05) is 11.3 Å². The lowest BCUT2D eigenvalue weighted by Gasteiger charge is -2.24. The summed E-state index contributed by atoms with van der Waals surface area (Å²) in [5.41, 5.74) is 2.19. The van der Waals surface area contributed by atoms with Gasteiger partial charge < -0.3 is 4.74 Å². The Hall–Kier alpha value is -3.58. The molecule has 1 amide bonds. The molecule has 0 heterocycles. The average Bonchev–Trinajstić information content (AvgIpc) is 2.69. The first-order chi connectivity index (χ1) is 12.2.